The van der Waals surface area contributed by atoms with E-state index in [1.807, 2.05) is 61.5 Å². The first kappa shape index (κ1) is 20.3. The van der Waals surface area contributed by atoms with Crippen molar-refractivity contribution in [2.45, 2.75) is 6.92 Å². The quantitative estimate of drug-likeness (QED) is 0.282. The topological polar surface area (TPSA) is 52.0 Å². The maximum absolute atomic E-state index is 5.81. The maximum Gasteiger partial charge on any atom is 0.150 e. The number of aromatic nitrogens is 3. The molecular weight excluding hydrogens is 464 g/mol. The number of halogens is 1. The second kappa shape index (κ2) is 8.85. The molecule has 32 heavy (non-hydrogen) atoms. The van der Waals surface area contributed by atoms with E-state index in [2.05, 4.69) is 66.2 Å². The molecule has 0 aliphatic rings. The van der Waals surface area contributed by atoms with Crippen LogP contribution >= 0.6 is 15.9 Å². The van der Waals surface area contributed by atoms with Gasteiger partial charge in [0, 0.05) is 21.9 Å². The normalized spacial score (nSPS) is 10.9. The van der Waals surface area contributed by atoms with Gasteiger partial charge in [0.15, 0.2) is 5.65 Å². The van der Waals surface area contributed by atoms with Crippen LogP contribution in [0.4, 0.5) is 11.5 Å². The van der Waals surface area contributed by atoms with Crippen molar-refractivity contribution < 1.29 is 4.74 Å². The van der Waals surface area contributed by atoms with Crippen LogP contribution in [0.25, 0.3) is 27.8 Å². The summed E-state index contributed by atoms with van der Waals surface area (Å²) in [4.78, 5) is 9.27. The van der Waals surface area contributed by atoms with Crippen molar-refractivity contribution in [1.29, 1.82) is 0 Å². The summed E-state index contributed by atoms with van der Waals surface area (Å²) >= 11 is 3.52. The molecule has 0 spiro atoms. The largest absolute Gasteiger partial charge is 0.492 e. The molecule has 2 aromatic heterocycles. The number of hydrogen-bond acceptors (Lipinski definition) is 4. The lowest BCUT2D eigenvalue weighted by Crippen LogP contribution is -2.01. The van der Waals surface area contributed by atoms with Crippen molar-refractivity contribution in [3.8, 4) is 22.6 Å². The first-order valence-corrected chi connectivity index (χ1v) is 11.2. The number of ether oxygens (including phenoxy) is 1. The van der Waals surface area contributed by atoms with Crippen LogP contribution in [0.15, 0.2) is 95.9 Å². The number of hydrogen-bond donors (Lipinski definition) is 1. The third-order valence-corrected chi connectivity index (χ3v) is 5.74. The van der Waals surface area contributed by atoms with Gasteiger partial charge in [-0.05, 0) is 48.9 Å². The maximum atomic E-state index is 5.81. The highest BCUT2D eigenvalue weighted by Gasteiger charge is 2.18. The molecule has 158 valence electrons. The monoisotopic (exact) mass is 484 g/mol. The van der Waals surface area contributed by atoms with Gasteiger partial charge in [0.2, 0.25) is 0 Å². The molecule has 0 amide bonds. The summed E-state index contributed by atoms with van der Waals surface area (Å²) < 4.78 is 8.94. The van der Waals surface area contributed by atoms with E-state index in [4.69, 9.17) is 4.74 Å². The van der Waals surface area contributed by atoms with Gasteiger partial charge in [-0.15, -0.1) is 0 Å². The fourth-order valence-corrected chi connectivity index (χ4v) is 4.03. The summed E-state index contributed by atoms with van der Waals surface area (Å²) in [5.74, 6) is 1.52. The first-order valence-electron chi connectivity index (χ1n) is 10.4. The molecule has 0 aliphatic heterocycles. The van der Waals surface area contributed by atoms with Gasteiger partial charge in [0.25, 0.3) is 0 Å². The van der Waals surface area contributed by atoms with Gasteiger partial charge in [-0.2, -0.15) is 0 Å². The van der Waals surface area contributed by atoms with E-state index in [1.54, 1.807) is 6.33 Å². The van der Waals surface area contributed by atoms with Crippen LogP contribution < -0.4 is 10.1 Å². The van der Waals surface area contributed by atoms with Crippen molar-refractivity contribution in [3.63, 3.8) is 0 Å². The van der Waals surface area contributed by atoms with E-state index < -0.39 is 0 Å². The van der Waals surface area contributed by atoms with E-state index in [0.29, 0.717) is 6.61 Å². The minimum Gasteiger partial charge on any atom is -0.492 e. The second-order valence-electron chi connectivity index (χ2n) is 7.23. The SMILES string of the molecule is CCOc1ccccc1Nc1ncnc2c1c(-c1ccccc1)cn2-c1ccc(Br)cc1. The molecule has 1 N–H and O–H groups in total. The number of para-hydroxylation sites is 2. The highest BCUT2D eigenvalue weighted by Crippen LogP contribution is 2.37. The van der Waals surface area contributed by atoms with Gasteiger partial charge < -0.3 is 14.6 Å². The molecule has 0 radical (unpaired) electrons. The van der Waals surface area contributed by atoms with Crippen molar-refractivity contribution in [3.05, 3.63) is 95.9 Å². The molecule has 0 fully saturated rings. The Kier molecular flexibility index (Phi) is 5.60. The predicted octanol–water partition coefficient (Wildman–Crippen LogP) is 6.99. The number of fused-ring (bicyclic) bond motifs is 1. The van der Waals surface area contributed by atoms with Crippen LogP contribution in [0, 0.1) is 0 Å². The Morgan fingerprint density at radius 1 is 0.906 bits per heavy atom. The summed E-state index contributed by atoms with van der Waals surface area (Å²) in [7, 11) is 0. The zero-order valence-electron chi connectivity index (χ0n) is 17.5. The number of benzene rings is 3. The average Bonchev–Trinajstić information content (AvgIpc) is 3.22. The molecule has 5 nitrogen and oxygen atoms in total. The summed E-state index contributed by atoms with van der Waals surface area (Å²) in [6.07, 6.45) is 3.72. The van der Waals surface area contributed by atoms with Crippen molar-refractivity contribution in [2.75, 3.05) is 11.9 Å². The fourth-order valence-electron chi connectivity index (χ4n) is 3.77. The van der Waals surface area contributed by atoms with E-state index >= 15 is 0 Å². The molecule has 5 rings (SSSR count). The second-order valence-corrected chi connectivity index (χ2v) is 8.15. The molecular formula is C26H21BrN4O. The van der Waals surface area contributed by atoms with Crippen LogP contribution in [-0.4, -0.2) is 21.1 Å². The number of nitrogens with one attached hydrogen (secondary N) is 1. The van der Waals surface area contributed by atoms with Crippen molar-refractivity contribution >= 4 is 38.5 Å². The molecule has 0 bridgehead atoms. The Morgan fingerprint density at radius 2 is 1.66 bits per heavy atom. The van der Waals surface area contributed by atoms with E-state index in [9.17, 15) is 0 Å². The van der Waals surface area contributed by atoms with E-state index in [-0.39, 0.29) is 0 Å². The third kappa shape index (κ3) is 3.85. The Bertz CT molecular complexity index is 1360. The van der Waals surface area contributed by atoms with Gasteiger partial charge in [0.1, 0.15) is 17.9 Å². The predicted molar refractivity (Wildman–Crippen MR) is 133 cm³/mol. The Balaban J connectivity index is 1.72. The lowest BCUT2D eigenvalue weighted by atomic mass is 10.1. The van der Waals surface area contributed by atoms with Gasteiger partial charge in [0.05, 0.1) is 17.7 Å². The van der Waals surface area contributed by atoms with E-state index in [0.717, 1.165) is 49.6 Å². The van der Waals surface area contributed by atoms with Crippen LogP contribution in [-0.2, 0) is 0 Å². The summed E-state index contributed by atoms with van der Waals surface area (Å²) in [5.41, 5.74) is 4.88. The van der Waals surface area contributed by atoms with Crippen molar-refractivity contribution in [2.24, 2.45) is 0 Å². The summed E-state index contributed by atoms with van der Waals surface area (Å²) in [6, 6.07) is 26.4. The van der Waals surface area contributed by atoms with Crippen LogP contribution in [0.1, 0.15) is 6.92 Å². The highest BCUT2D eigenvalue weighted by atomic mass is 79.9. The highest BCUT2D eigenvalue weighted by molar-refractivity contribution is 9.10. The van der Waals surface area contributed by atoms with Gasteiger partial charge in [-0.3, -0.25) is 0 Å². The molecule has 0 aliphatic carbocycles. The smallest absolute Gasteiger partial charge is 0.150 e. The molecule has 2 heterocycles. The minimum absolute atomic E-state index is 0.590. The summed E-state index contributed by atoms with van der Waals surface area (Å²) in [5, 5.41) is 4.44. The zero-order valence-corrected chi connectivity index (χ0v) is 19.1. The lowest BCUT2D eigenvalue weighted by Gasteiger charge is -2.13. The third-order valence-electron chi connectivity index (χ3n) is 5.21. The molecule has 0 atom stereocenters. The Morgan fingerprint density at radius 3 is 2.44 bits per heavy atom. The Hall–Kier alpha value is -3.64. The van der Waals surface area contributed by atoms with Crippen molar-refractivity contribution in [1.82, 2.24) is 14.5 Å². The number of rotatable bonds is 6. The van der Waals surface area contributed by atoms with Crippen LogP contribution in [0.3, 0.4) is 0 Å². The van der Waals surface area contributed by atoms with E-state index in [1.165, 1.54) is 0 Å². The summed E-state index contributed by atoms with van der Waals surface area (Å²) in [6.45, 7) is 2.57. The number of nitrogens with zero attached hydrogens (tertiary/aromatic N) is 3. The number of anilines is 2. The van der Waals surface area contributed by atoms with Gasteiger partial charge in [-0.1, -0.05) is 58.4 Å². The van der Waals surface area contributed by atoms with Gasteiger partial charge >= 0.3 is 0 Å². The Labute approximate surface area is 194 Å². The van der Waals surface area contributed by atoms with Crippen LogP contribution in [0.5, 0.6) is 5.75 Å². The molecule has 0 saturated heterocycles. The lowest BCUT2D eigenvalue weighted by molar-refractivity contribution is 0.342. The molecule has 0 saturated carbocycles. The minimum atomic E-state index is 0.590. The van der Waals surface area contributed by atoms with Crippen LogP contribution in [0.2, 0.25) is 0 Å². The average molecular weight is 485 g/mol. The molecule has 6 heteroatoms. The molecule has 5 aromatic rings. The fraction of sp³-hybridized carbons (Fsp3) is 0.0769. The standard InChI is InChI=1S/C26H21BrN4O/c1-2-32-23-11-7-6-10-22(23)30-25-24-21(18-8-4-3-5-9-18)16-31(26(24)29-17-28-25)20-14-12-19(27)13-15-20/h3-17H,2H2,1H3,(H,28,29,30). The molecule has 3 aromatic carbocycles. The first-order chi connectivity index (χ1) is 15.7. The van der Waals surface area contributed by atoms with Gasteiger partial charge in [-0.25, -0.2) is 9.97 Å². The molecule has 0 unspecified atom stereocenters. The zero-order chi connectivity index (χ0) is 21.9.